The maximum atomic E-state index is 14.6. The molecule has 2 atom stereocenters. The van der Waals surface area contributed by atoms with Crippen molar-refractivity contribution in [2.24, 2.45) is 5.92 Å². The number of piperidine rings is 1. The molecule has 1 aromatic carbocycles. The fraction of sp³-hybridized carbons (Fsp3) is 0.565. The van der Waals surface area contributed by atoms with Crippen molar-refractivity contribution in [1.82, 2.24) is 9.80 Å². The van der Waals surface area contributed by atoms with Crippen molar-refractivity contribution in [3.63, 3.8) is 0 Å². The maximum absolute atomic E-state index is 14.6. The average Bonchev–Trinajstić information content (AvgIpc) is 3.55. The number of carbonyl (C=O) groups is 2. The van der Waals surface area contributed by atoms with E-state index in [-0.39, 0.29) is 60.1 Å². The Hall–Kier alpha value is -1.12. The Morgan fingerprint density at radius 3 is 2.59 bits per heavy atom. The fourth-order valence-electron chi connectivity index (χ4n) is 3.90. The third-order valence-corrected chi connectivity index (χ3v) is 6.28. The highest BCUT2D eigenvalue weighted by molar-refractivity contribution is 7.81. The quantitative estimate of drug-likeness (QED) is 0.310. The monoisotopic (exact) mass is 506 g/mol. The maximum Gasteiger partial charge on any atom is 0.320 e. The third kappa shape index (κ3) is 7.73. The molecule has 0 amide bonds. The van der Waals surface area contributed by atoms with Crippen LogP contribution in [0.2, 0.25) is 0 Å². The lowest BCUT2D eigenvalue weighted by molar-refractivity contribution is -0.144. The third-order valence-electron chi connectivity index (χ3n) is 5.69. The molecule has 2 unspecified atom stereocenters. The van der Waals surface area contributed by atoms with Gasteiger partial charge in [0.25, 0.3) is 0 Å². The van der Waals surface area contributed by atoms with Gasteiger partial charge in [-0.2, -0.15) is 12.6 Å². The number of benzene rings is 1. The first-order valence-electron chi connectivity index (χ1n) is 10.6. The summed E-state index contributed by atoms with van der Waals surface area (Å²) in [6.07, 6.45) is 4.66. The summed E-state index contributed by atoms with van der Waals surface area (Å²) in [6.45, 7) is 4.22. The molecule has 1 aliphatic heterocycles. The van der Waals surface area contributed by atoms with Crippen molar-refractivity contribution in [2.45, 2.75) is 37.5 Å². The summed E-state index contributed by atoms with van der Waals surface area (Å²) in [5.74, 6) is -0.409. The topological polar surface area (TPSA) is 49.9 Å². The molecule has 3 rings (SSSR count). The molecule has 0 bridgehead atoms. The number of hydrogen-bond donors (Lipinski definition) is 1. The minimum atomic E-state index is -0.555. The van der Waals surface area contributed by atoms with Crippen LogP contribution >= 0.6 is 37.4 Å². The zero-order valence-corrected chi connectivity index (χ0v) is 21.1. The zero-order chi connectivity index (χ0) is 21.7. The Morgan fingerprint density at radius 2 is 1.97 bits per heavy atom. The molecule has 32 heavy (non-hydrogen) atoms. The van der Waals surface area contributed by atoms with Crippen molar-refractivity contribution in [3.8, 4) is 0 Å². The fourth-order valence-corrected chi connectivity index (χ4v) is 4.20. The number of nitrogens with zero attached hydrogens (tertiary/aromatic N) is 2. The van der Waals surface area contributed by atoms with Gasteiger partial charge in [0.05, 0.1) is 19.2 Å². The summed E-state index contributed by atoms with van der Waals surface area (Å²) in [4.78, 5) is 28.7. The highest BCUT2D eigenvalue weighted by atomic mass is 35.5. The van der Waals surface area contributed by atoms with E-state index in [1.807, 2.05) is 11.9 Å². The molecular weight excluding hydrogens is 474 g/mol. The lowest BCUT2D eigenvalue weighted by atomic mass is 9.93. The van der Waals surface area contributed by atoms with Gasteiger partial charge in [-0.1, -0.05) is 24.3 Å². The summed E-state index contributed by atoms with van der Waals surface area (Å²) in [5, 5.41) is 0.0922. The molecule has 1 saturated carbocycles. The van der Waals surface area contributed by atoms with Crippen LogP contribution in [-0.4, -0.2) is 66.6 Å². The van der Waals surface area contributed by atoms with Crippen LogP contribution in [0.4, 0.5) is 4.39 Å². The van der Waals surface area contributed by atoms with E-state index < -0.39 is 6.04 Å². The molecule has 0 spiro atoms. The molecule has 2 fully saturated rings. The number of esters is 1. The van der Waals surface area contributed by atoms with Crippen molar-refractivity contribution in [3.05, 3.63) is 47.3 Å². The van der Waals surface area contributed by atoms with E-state index in [0.717, 1.165) is 24.8 Å². The number of hydrogen-bond acceptors (Lipinski definition) is 6. The number of rotatable bonds is 9. The second-order valence-corrected chi connectivity index (χ2v) is 8.78. The van der Waals surface area contributed by atoms with E-state index in [1.54, 1.807) is 25.1 Å². The van der Waals surface area contributed by atoms with Gasteiger partial charge in [0, 0.05) is 36.4 Å². The molecule has 9 heteroatoms. The molecule has 5 nitrogen and oxygen atoms in total. The van der Waals surface area contributed by atoms with E-state index in [4.69, 9.17) is 17.4 Å². The van der Waals surface area contributed by atoms with E-state index >= 15 is 0 Å². The lowest BCUT2D eigenvalue weighted by Gasteiger charge is -2.38. The van der Waals surface area contributed by atoms with Gasteiger partial charge in [-0.15, -0.1) is 24.8 Å². The molecule has 1 saturated heterocycles. The molecule has 2 aliphatic rings. The summed E-state index contributed by atoms with van der Waals surface area (Å²) < 4.78 is 19.6. The largest absolute Gasteiger partial charge is 0.465 e. The van der Waals surface area contributed by atoms with Crippen LogP contribution < -0.4 is 0 Å². The van der Waals surface area contributed by atoms with Crippen molar-refractivity contribution in [1.29, 1.82) is 0 Å². The number of carbonyl (C=O) groups excluding carboxylic acids is 2. The highest BCUT2D eigenvalue weighted by Gasteiger charge is 2.40. The highest BCUT2D eigenvalue weighted by Crippen LogP contribution is 2.39. The summed E-state index contributed by atoms with van der Waals surface area (Å²) in [7, 11) is 1.86. The van der Waals surface area contributed by atoms with Crippen LogP contribution in [0.1, 0.15) is 37.8 Å². The van der Waals surface area contributed by atoms with Crippen LogP contribution in [0.25, 0.3) is 0 Å². The molecular formula is C23H33Cl2FN2O3S. The predicted octanol–water partition coefficient (Wildman–Crippen LogP) is 4.11. The second-order valence-electron chi connectivity index (χ2n) is 8.16. The van der Waals surface area contributed by atoms with Crippen LogP contribution in [-0.2, 0) is 14.3 Å². The van der Waals surface area contributed by atoms with Crippen molar-refractivity contribution < 1.29 is 18.7 Å². The number of halogens is 3. The molecule has 0 radical (unpaired) electrons. The van der Waals surface area contributed by atoms with Gasteiger partial charge in [-0.3, -0.25) is 19.4 Å². The number of ketones is 1. The molecule has 1 aromatic rings. The van der Waals surface area contributed by atoms with E-state index in [1.165, 1.54) is 6.07 Å². The summed E-state index contributed by atoms with van der Waals surface area (Å²) in [5.41, 5.74) is 1.57. The normalized spacial score (nSPS) is 20.9. The van der Waals surface area contributed by atoms with Crippen LogP contribution in [0.5, 0.6) is 0 Å². The number of likely N-dealkylation sites (N-methyl/N-ethyl adjacent to an activating group) is 1. The zero-order valence-electron chi connectivity index (χ0n) is 18.5. The SMILES string of the molecule is CCOC(=O)CN(C)C/C=C1\CN(C(C(=O)C2CC2)c2ccccc2F)CCC1S.Cl.Cl. The first-order chi connectivity index (χ1) is 14.4. The lowest BCUT2D eigenvalue weighted by Crippen LogP contribution is -2.43. The number of thiol groups is 1. The predicted molar refractivity (Wildman–Crippen MR) is 133 cm³/mol. The Labute approximate surface area is 208 Å². The molecule has 1 heterocycles. The van der Waals surface area contributed by atoms with Crippen LogP contribution in [0.3, 0.4) is 0 Å². The summed E-state index contributed by atoms with van der Waals surface area (Å²) >= 11 is 4.72. The summed E-state index contributed by atoms with van der Waals surface area (Å²) in [6, 6.07) is 6.04. The number of Topliss-reactive ketones (excluding diaryl/α,β-unsaturated/α-hetero) is 1. The number of likely N-dealkylation sites (tertiary alicyclic amines) is 1. The molecule has 0 aromatic heterocycles. The van der Waals surface area contributed by atoms with Gasteiger partial charge < -0.3 is 4.74 Å². The Kier molecular flexibility index (Phi) is 12.2. The molecule has 180 valence electrons. The molecule has 1 aliphatic carbocycles. The van der Waals surface area contributed by atoms with Gasteiger partial charge in [-0.25, -0.2) is 4.39 Å². The van der Waals surface area contributed by atoms with E-state index in [0.29, 0.717) is 31.8 Å². The van der Waals surface area contributed by atoms with Crippen molar-refractivity contribution >= 4 is 49.2 Å². The first kappa shape index (κ1) is 28.9. The van der Waals surface area contributed by atoms with E-state index in [2.05, 4.69) is 11.0 Å². The smallest absolute Gasteiger partial charge is 0.320 e. The second kappa shape index (κ2) is 13.6. The number of ether oxygens (including phenoxy) is 1. The van der Waals surface area contributed by atoms with Gasteiger partial charge in [0.15, 0.2) is 5.78 Å². The van der Waals surface area contributed by atoms with Gasteiger partial charge in [0.1, 0.15) is 5.82 Å². The molecule has 0 N–H and O–H groups in total. The Morgan fingerprint density at radius 1 is 1.28 bits per heavy atom. The standard InChI is InChI=1S/C23H31FN2O3S.2ClH/c1-3-29-21(27)15-25(2)12-10-17-14-26(13-11-20(17)30)22(23(28)16-8-9-16)18-6-4-5-7-19(18)24;;/h4-7,10,16,20,22,30H,3,8-9,11-15H2,1-2H3;2*1H/b17-10+;;. The Balaban J connectivity index is 0.00000256. The van der Waals surface area contributed by atoms with Crippen LogP contribution in [0.15, 0.2) is 35.9 Å². The average molecular weight is 507 g/mol. The van der Waals surface area contributed by atoms with E-state index in [9.17, 15) is 14.0 Å². The van der Waals surface area contributed by atoms with Crippen molar-refractivity contribution in [2.75, 3.05) is 39.8 Å². The van der Waals surface area contributed by atoms with Gasteiger partial charge in [-0.05, 0) is 44.9 Å². The first-order valence-corrected chi connectivity index (χ1v) is 11.2. The minimum absolute atomic E-state index is 0. The Bertz CT molecular complexity index is 807. The van der Waals surface area contributed by atoms with Gasteiger partial charge in [0.2, 0.25) is 0 Å². The van der Waals surface area contributed by atoms with Gasteiger partial charge >= 0.3 is 5.97 Å². The minimum Gasteiger partial charge on any atom is -0.465 e. The van der Waals surface area contributed by atoms with Crippen LogP contribution in [0, 0.1) is 11.7 Å².